The number of nitrogens with one attached hydrogen (secondary N) is 1. The zero-order chi connectivity index (χ0) is 20.3. The van der Waals surface area contributed by atoms with Crippen molar-refractivity contribution >= 4 is 17.6 Å². The van der Waals surface area contributed by atoms with Gasteiger partial charge in [0.15, 0.2) is 6.10 Å². The molecule has 3 rings (SSSR count). The second-order valence-corrected chi connectivity index (χ2v) is 6.96. The Balaban J connectivity index is 1.72. The van der Waals surface area contributed by atoms with Gasteiger partial charge >= 0.3 is 5.97 Å². The van der Waals surface area contributed by atoms with Gasteiger partial charge in [0.05, 0.1) is 11.1 Å². The molecule has 0 aromatic heterocycles. The topological polar surface area (TPSA) is 55.4 Å². The molecule has 0 unspecified atom stereocenters. The molecule has 1 amide bonds. The molecule has 2 aromatic carbocycles. The number of amides is 1. The third-order valence-electron chi connectivity index (χ3n) is 5.09. The van der Waals surface area contributed by atoms with E-state index in [9.17, 15) is 22.8 Å². The maximum Gasteiger partial charge on any atom is 0.317 e. The van der Waals surface area contributed by atoms with Crippen molar-refractivity contribution in [2.45, 2.75) is 44.1 Å². The van der Waals surface area contributed by atoms with Gasteiger partial charge in [0.1, 0.15) is 17.5 Å². The highest BCUT2D eigenvalue weighted by atomic mass is 19.1. The van der Waals surface area contributed by atoms with Crippen LogP contribution in [0.15, 0.2) is 42.5 Å². The molecule has 0 heterocycles. The van der Waals surface area contributed by atoms with Crippen LogP contribution in [0.3, 0.4) is 0 Å². The SMILES string of the molecule is C[C@@H](OC(=O)C1(c2ccc(F)cc2)CCCC1)C(=O)Nc1ccc(F)cc1F. The van der Waals surface area contributed by atoms with E-state index < -0.39 is 40.8 Å². The monoisotopic (exact) mass is 391 g/mol. The quantitative estimate of drug-likeness (QED) is 0.765. The third-order valence-corrected chi connectivity index (χ3v) is 5.09. The maximum atomic E-state index is 13.7. The lowest BCUT2D eigenvalue weighted by atomic mass is 9.79. The summed E-state index contributed by atoms with van der Waals surface area (Å²) in [6, 6.07) is 8.44. The smallest absolute Gasteiger partial charge is 0.317 e. The highest BCUT2D eigenvalue weighted by Gasteiger charge is 2.45. The molecule has 0 aliphatic heterocycles. The van der Waals surface area contributed by atoms with Gasteiger partial charge in [-0.1, -0.05) is 25.0 Å². The first kappa shape index (κ1) is 19.9. The Labute approximate surface area is 160 Å². The largest absolute Gasteiger partial charge is 0.452 e. The molecule has 28 heavy (non-hydrogen) atoms. The molecule has 148 valence electrons. The number of anilines is 1. The van der Waals surface area contributed by atoms with Crippen LogP contribution in [0.2, 0.25) is 0 Å². The summed E-state index contributed by atoms with van der Waals surface area (Å²) in [7, 11) is 0. The predicted octanol–water partition coefficient (Wildman–Crippen LogP) is 4.49. The Morgan fingerprint density at radius 1 is 1.00 bits per heavy atom. The van der Waals surface area contributed by atoms with Gasteiger partial charge in [0, 0.05) is 6.07 Å². The fraction of sp³-hybridized carbons (Fsp3) is 0.333. The Hall–Kier alpha value is -2.83. The molecule has 1 N–H and O–H groups in total. The Bertz CT molecular complexity index is 877. The number of carbonyl (C=O) groups is 2. The first-order valence-corrected chi connectivity index (χ1v) is 9.05. The van der Waals surface area contributed by atoms with Gasteiger partial charge in [-0.3, -0.25) is 9.59 Å². The molecular formula is C21H20F3NO3. The highest BCUT2D eigenvalue weighted by Crippen LogP contribution is 2.42. The average Bonchev–Trinajstić information content (AvgIpc) is 3.15. The molecule has 1 atom stereocenters. The third kappa shape index (κ3) is 4.03. The summed E-state index contributed by atoms with van der Waals surface area (Å²) in [6.45, 7) is 1.38. The van der Waals surface area contributed by atoms with E-state index >= 15 is 0 Å². The number of benzene rings is 2. The van der Waals surface area contributed by atoms with Gasteiger partial charge in [-0.25, -0.2) is 13.2 Å². The first-order chi connectivity index (χ1) is 13.3. The van der Waals surface area contributed by atoms with E-state index in [4.69, 9.17) is 4.74 Å². The van der Waals surface area contributed by atoms with Crippen LogP contribution in [0.4, 0.5) is 18.9 Å². The molecule has 0 saturated heterocycles. The molecule has 0 bridgehead atoms. The van der Waals surface area contributed by atoms with Crippen LogP contribution in [-0.4, -0.2) is 18.0 Å². The molecule has 4 nitrogen and oxygen atoms in total. The zero-order valence-corrected chi connectivity index (χ0v) is 15.3. The van der Waals surface area contributed by atoms with Gasteiger partial charge in [-0.2, -0.15) is 0 Å². The Kier molecular flexibility index (Phi) is 5.72. The van der Waals surface area contributed by atoms with Gasteiger partial charge < -0.3 is 10.1 Å². The van der Waals surface area contributed by atoms with E-state index in [1.165, 1.54) is 19.1 Å². The summed E-state index contributed by atoms with van der Waals surface area (Å²) in [6.07, 6.45) is 1.52. The number of hydrogen-bond donors (Lipinski definition) is 1. The molecule has 1 fully saturated rings. The second kappa shape index (κ2) is 8.04. The van der Waals surface area contributed by atoms with Gasteiger partial charge in [-0.05, 0) is 49.6 Å². The zero-order valence-electron chi connectivity index (χ0n) is 15.3. The van der Waals surface area contributed by atoms with Gasteiger partial charge in [0.25, 0.3) is 5.91 Å². The van der Waals surface area contributed by atoms with E-state index in [1.54, 1.807) is 12.1 Å². The fourth-order valence-electron chi connectivity index (χ4n) is 3.51. The summed E-state index contributed by atoms with van der Waals surface area (Å²) in [5.41, 5.74) is -0.486. The van der Waals surface area contributed by atoms with Crippen LogP contribution in [0.1, 0.15) is 38.2 Å². The molecule has 0 radical (unpaired) electrons. The maximum absolute atomic E-state index is 13.7. The summed E-state index contributed by atoms with van der Waals surface area (Å²) in [5.74, 6) is -3.40. The van der Waals surface area contributed by atoms with Crippen LogP contribution in [0.5, 0.6) is 0 Å². The van der Waals surface area contributed by atoms with Crippen molar-refractivity contribution in [1.82, 2.24) is 0 Å². The van der Waals surface area contributed by atoms with Crippen LogP contribution in [0.25, 0.3) is 0 Å². The van der Waals surface area contributed by atoms with Crippen molar-refractivity contribution < 1.29 is 27.5 Å². The van der Waals surface area contributed by atoms with Gasteiger partial charge in [-0.15, -0.1) is 0 Å². The minimum atomic E-state index is -1.19. The summed E-state index contributed by atoms with van der Waals surface area (Å²) >= 11 is 0. The molecule has 1 saturated carbocycles. The number of rotatable bonds is 5. The lowest BCUT2D eigenvalue weighted by Crippen LogP contribution is -2.40. The standard InChI is InChI=1S/C21H20F3NO3/c1-13(19(26)25-18-9-8-16(23)12-17(18)24)28-20(27)21(10-2-3-11-21)14-4-6-15(22)7-5-14/h4-9,12-13H,2-3,10-11H2,1H3,(H,25,26)/t13-/m1/s1. The van der Waals surface area contributed by atoms with Crippen molar-refractivity contribution in [3.05, 3.63) is 65.5 Å². The normalized spacial score (nSPS) is 16.4. The molecule has 1 aliphatic carbocycles. The molecule has 1 aliphatic rings. The Morgan fingerprint density at radius 3 is 2.21 bits per heavy atom. The van der Waals surface area contributed by atoms with Crippen molar-refractivity contribution in [2.24, 2.45) is 0 Å². The van der Waals surface area contributed by atoms with Crippen molar-refractivity contribution in [3.8, 4) is 0 Å². The molecule has 2 aromatic rings. The second-order valence-electron chi connectivity index (χ2n) is 6.96. The molecular weight excluding hydrogens is 371 g/mol. The average molecular weight is 391 g/mol. The molecule has 7 heteroatoms. The first-order valence-electron chi connectivity index (χ1n) is 9.05. The highest BCUT2D eigenvalue weighted by molar-refractivity contribution is 5.96. The van der Waals surface area contributed by atoms with E-state index in [0.29, 0.717) is 24.5 Å². The van der Waals surface area contributed by atoms with E-state index in [1.807, 2.05) is 0 Å². The lowest BCUT2D eigenvalue weighted by molar-refractivity contribution is -0.159. The van der Waals surface area contributed by atoms with Crippen molar-refractivity contribution in [3.63, 3.8) is 0 Å². The molecule has 0 spiro atoms. The van der Waals surface area contributed by atoms with E-state index in [0.717, 1.165) is 25.0 Å². The van der Waals surface area contributed by atoms with E-state index in [-0.39, 0.29) is 5.69 Å². The van der Waals surface area contributed by atoms with Crippen LogP contribution in [-0.2, 0) is 19.7 Å². The number of ether oxygens (including phenoxy) is 1. The van der Waals surface area contributed by atoms with Crippen molar-refractivity contribution in [1.29, 1.82) is 0 Å². The summed E-state index contributed by atoms with van der Waals surface area (Å²) < 4.78 is 45.3. The number of carbonyl (C=O) groups excluding carboxylic acids is 2. The van der Waals surface area contributed by atoms with E-state index in [2.05, 4.69) is 5.32 Å². The minimum absolute atomic E-state index is 0.205. The van der Waals surface area contributed by atoms with Crippen LogP contribution >= 0.6 is 0 Å². The van der Waals surface area contributed by atoms with Gasteiger partial charge in [0.2, 0.25) is 0 Å². The minimum Gasteiger partial charge on any atom is -0.452 e. The lowest BCUT2D eigenvalue weighted by Gasteiger charge is -2.28. The number of esters is 1. The number of hydrogen-bond acceptors (Lipinski definition) is 3. The Morgan fingerprint density at radius 2 is 1.61 bits per heavy atom. The summed E-state index contributed by atoms with van der Waals surface area (Å²) in [5, 5.41) is 2.29. The van der Waals surface area contributed by atoms with Crippen molar-refractivity contribution in [2.75, 3.05) is 5.32 Å². The van der Waals surface area contributed by atoms with Crippen LogP contribution < -0.4 is 5.32 Å². The fourth-order valence-corrected chi connectivity index (χ4v) is 3.51. The predicted molar refractivity (Wildman–Crippen MR) is 97.1 cm³/mol. The number of halogens is 3. The van der Waals surface area contributed by atoms with Crippen LogP contribution in [0, 0.1) is 17.5 Å². The summed E-state index contributed by atoms with van der Waals surface area (Å²) in [4.78, 5) is 25.2.